The van der Waals surface area contributed by atoms with E-state index in [0.29, 0.717) is 12.4 Å². The number of rotatable bonds is 5. The summed E-state index contributed by atoms with van der Waals surface area (Å²) in [7, 11) is 1.49. The summed E-state index contributed by atoms with van der Waals surface area (Å²) in [6.45, 7) is 0.343. The molecule has 0 radical (unpaired) electrons. The summed E-state index contributed by atoms with van der Waals surface area (Å²) in [4.78, 5) is 10.4. The molecule has 1 saturated carbocycles. The van der Waals surface area contributed by atoms with Gasteiger partial charge in [-0.15, -0.1) is 0 Å². The summed E-state index contributed by atoms with van der Waals surface area (Å²) in [5.74, 6) is 0.471. The fourth-order valence-electron chi connectivity index (χ4n) is 2.50. The van der Waals surface area contributed by atoms with Crippen LogP contribution in [-0.4, -0.2) is 24.2 Å². The molecular weight excluding hydrogens is 260 g/mol. The molecule has 1 fully saturated rings. The van der Waals surface area contributed by atoms with E-state index in [4.69, 9.17) is 15.2 Å². The van der Waals surface area contributed by atoms with Gasteiger partial charge < -0.3 is 15.2 Å². The van der Waals surface area contributed by atoms with E-state index in [9.17, 15) is 10.1 Å². The Balaban J connectivity index is 2.01. The minimum atomic E-state index is -0.428. The second kappa shape index (κ2) is 6.67. The van der Waals surface area contributed by atoms with Gasteiger partial charge in [-0.1, -0.05) is 0 Å². The number of nitrogens with two attached hydrogens (primary N) is 1. The monoisotopic (exact) mass is 280 g/mol. The highest BCUT2D eigenvalue weighted by Gasteiger charge is 2.20. The molecule has 0 aromatic heterocycles. The van der Waals surface area contributed by atoms with Crippen molar-refractivity contribution in [3.63, 3.8) is 0 Å². The summed E-state index contributed by atoms with van der Waals surface area (Å²) >= 11 is 0. The summed E-state index contributed by atoms with van der Waals surface area (Å²) in [6, 6.07) is 4.88. The molecule has 6 nitrogen and oxygen atoms in total. The molecule has 1 aliphatic carbocycles. The van der Waals surface area contributed by atoms with Crippen LogP contribution < -0.4 is 10.5 Å². The van der Waals surface area contributed by atoms with Gasteiger partial charge in [0.15, 0.2) is 0 Å². The van der Waals surface area contributed by atoms with Gasteiger partial charge in [-0.05, 0) is 37.3 Å². The van der Waals surface area contributed by atoms with E-state index in [1.165, 1.54) is 19.2 Å². The molecule has 1 aromatic carbocycles. The van der Waals surface area contributed by atoms with Crippen molar-refractivity contribution in [3.05, 3.63) is 33.9 Å². The molecule has 2 rings (SSSR count). The zero-order chi connectivity index (χ0) is 14.5. The van der Waals surface area contributed by atoms with Crippen molar-refractivity contribution in [2.24, 2.45) is 5.73 Å². The summed E-state index contributed by atoms with van der Waals surface area (Å²) in [6.07, 6.45) is 4.12. The van der Waals surface area contributed by atoms with Crippen LogP contribution in [0.5, 0.6) is 5.75 Å². The lowest BCUT2D eigenvalue weighted by atomic mass is 9.93. The number of hydrogen-bond acceptors (Lipinski definition) is 5. The molecule has 0 heterocycles. The fraction of sp³-hybridized carbons (Fsp3) is 0.571. The van der Waals surface area contributed by atoms with Crippen molar-refractivity contribution in [1.82, 2.24) is 0 Å². The highest BCUT2D eigenvalue weighted by Crippen LogP contribution is 2.25. The summed E-state index contributed by atoms with van der Waals surface area (Å²) in [5.41, 5.74) is 6.68. The van der Waals surface area contributed by atoms with E-state index in [1.54, 1.807) is 6.07 Å². The Kier molecular flexibility index (Phi) is 4.92. The molecule has 0 saturated heterocycles. The lowest BCUT2D eigenvalue weighted by Gasteiger charge is -2.26. The standard InChI is InChI=1S/C14H20N2O4/c1-19-14-6-10(5-12(8-14)16(17)18)9-20-13-4-2-3-11(15)7-13/h5-6,8,11,13H,2-4,7,9,15H2,1H3. The Hall–Kier alpha value is -1.66. The van der Waals surface area contributed by atoms with Crippen molar-refractivity contribution in [2.75, 3.05) is 7.11 Å². The second-order valence-corrected chi connectivity index (χ2v) is 5.16. The maximum Gasteiger partial charge on any atom is 0.273 e. The number of nitrogens with zero attached hydrogens (tertiary/aromatic N) is 1. The summed E-state index contributed by atoms with van der Waals surface area (Å²) < 4.78 is 10.9. The normalized spacial score (nSPS) is 22.5. The van der Waals surface area contributed by atoms with E-state index in [2.05, 4.69) is 0 Å². The van der Waals surface area contributed by atoms with E-state index in [0.717, 1.165) is 31.2 Å². The molecule has 20 heavy (non-hydrogen) atoms. The topological polar surface area (TPSA) is 87.6 Å². The van der Waals surface area contributed by atoms with E-state index < -0.39 is 4.92 Å². The first-order valence-corrected chi connectivity index (χ1v) is 6.78. The number of hydrogen-bond donors (Lipinski definition) is 1. The van der Waals surface area contributed by atoms with Gasteiger partial charge in [0.2, 0.25) is 0 Å². The molecule has 0 amide bonds. The van der Waals surface area contributed by atoms with Crippen LogP contribution in [-0.2, 0) is 11.3 Å². The number of ether oxygens (including phenoxy) is 2. The molecule has 2 unspecified atom stereocenters. The quantitative estimate of drug-likeness (QED) is 0.661. The average Bonchev–Trinajstić information content (AvgIpc) is 2.45. The molecular formula is C14H20N2O4. The lowest BCUT2D eigenvalue weighted by Crippen LogP contribution is -2.32. The Morgan fingerprint density at radius 2 is 2.20 bits per heavy atom. The average molecular weight is 280 g/mol. The van der Waals surface area contributed by atoms with Gasteiger partial charge in [-0.3, -0.25) is 10.1 Å². The third-order valence-corrected chi connectivity index (χ3v) is 3.55. The third kappa shape index (κ3) is 3.91. The maximum atomic E-state index is 10.9. The smallest absolute Gasteiger partial charge is 0.273 e. The van der Waals surface area contributed by atoms with Crippen LogP contribution in [0, 0.1) is 10.1 Å². The zero-order valence-corrected chi connectivity index (χ0v) is 11.6. The van der Waals surface area contributed by atoms with E-state index >= 15 is 0 Å². The molecule has 2 N–H and O–H groups in total. The fourth-order valence-corrected chi connectivity index (χ4v) is 2.50. The largest absolute Gasteiger partial charge is 0.496 e. The second-order valence-electron chi connectivity index (χ2n) is 5.16. The summed E-state index contributed by atoms with van der Waals surface area (Å²) in [5, 5.41) is 10.9. The number of non-ortho nitro benzene ring substituents is 1. The molecule has 0 bridgehead atoms. The molecule has 0 spiro atoms. The SMILES string of the molecule is COc1cc(COC2CCCC(N)C2)cc([N+](=O)[O-])c1. The van der Waals surface area contributed by atoms with Crippen LogP contribution in [0.25, 0.3) is 0 Å². The Bertz CT molecular complexity index is 478. The highest BCUT2D eigenvalue weighted by atomic mass is 16.6. The zero-order valence-electron chi connectivity index (χ0n) is 11.6. The minimum absolute atomic E-state index is 0.0169. The van der Waals surface area contributed by atoms with Crippen molar-refractivity contribution in [2.45, 2.75) is 44.4 Å². The first kappa shape index (κ1) is 14.7. The molecule has 110 valence electrons. The van der Waals surface area contributed by atoms with Gasteiger partial charge >= 0.3 is 0 Å². The predicted octanol–water partition coefficient (Wildman–Crippen LogP) is 2.39. The van der Waals surface area contributed by atoms with Crippen LogP contribution in [0.15, 0.2) is 18.2 Å². The number of benzene rings is 1. The van der Waals surface area contributed by atoms with E-state index in [-0.39, 0.29) is 17.8 Å². The third-order valence-electron chi connectivity index (χ3n) is 3.55. The number of nitro groups is 1. The lowest BCUT2D eigenvalue weighted by molar-refractivity contribution is -0.385. The van der Waals surface area contributed by atoms with Crippen LogP contribution >= 0.6 is 0 Å². The first-order chi connectivity index (χ1) is 9.58. The van der Waals surface area contributed by atoms with Crippen LogP contribution in [0.2, 0.25) is 0 Å². The van der Waals surface area contributed by atoms with Crippen molar-refractivity contribution in [1.29, 1.82) is 0 Å². The van der Waals surface area contributed by atoms with Crippen LogP contribution in [0.4, 0.5) is 5.69 Å². The number of nitro benzene ring substituents is 1. The molecule has 2 atom stereocenters. The maximum absolute atomic E-state index is 10.9. The predicted molar refractivity (Wildman–Crippen MR) is 74.7 cm³/mol. The van der Waals surface area contributed by atoms with Crippen LogP contribution in [0.1, 0.15) is 31.2 Å². The highest BCUT2D eigenvalue weighted by molar-refractivity contribution is 5.42. The van der Waals surface area contributed by atoms with Crippen LogP contribution in [0.3, 0.4) is 0 Å². The van der Waals surface area contributed by atoms with Gasteiger partial charge in [0, 0.05) is 12.1 Å². The molecule has 1 aliphatic rings. The first-order valence-electron chi connectivity index (χ1n) is 6.78. The van der Waals surface area contributed by atoms with Crippen molar-refractivity contribution < 1.29 is 14.4 Å². The van der Waals surface area contributed by atoms with E-state index in [1.807, 2.05) is 0 Å². The Morgan fingerprint density at radius 3 is 2.85 bits per heavy atom. The Labute approximate surface area is 118 Å². The van der Waals surface area contributed by atoms with Gasteiger partial charge in [0.1, 0.15) is 5.75 Å². The van der Waals surface area contributed by atoms with Gasteiger partial charge in [0.05, 0.1) is 30.8 Å². The van der Waals surface area contributed by atoms with Crippen molar-refractivity contribution >= 4 is 5.69 Å². The van der Waals surface area contributed by atoms with Gasteiger partial charge in [-0.2, -0.15) is 0 Å². The van der Waals surface area contributed by atoms with Gasteiger partial charge in [0.25, 0.3) is 5.69 Å². The van der Waals surface area contributed by atoms with Gasteiger partial charge in [-0.25, -0.2) is 0 Å². The minimum Gasteiger partial charge on any atom is -0.496 e. The molecule has 0 aliphatic heterocycles. The number of methoxy groups -OCH3 is 1. The molecule has 6 heteroatoms. The molecule has 1 aromatic rings. The Morgan fingerprint density at radius 1 is 1.40 bits per heavy atom. The van der Waals surface area contributed by atoms with Crippen molar-refractivity contribution in [3.8, 4) is 5.75 Å².